The summed E-state index contributed by atoms with van der Waals surface area (Å²) >= 11 is 0. The standard InChI is InChI=1S/C28H30N4O2/c1-21-3-11-25(12-4-21)32-28(27(29-30-32)15-16-31-17-18-34-20-31)19-22-5-7-23(8-6-22)24-9-13-26(33-2)14-10-24/h3-14H,15-20H2,1-2H3. The third-order valence-electron chi connectivity index (χ3n) is 6.36. The molecule has 1 saturated heterocycles. The third-order valence-corrected chi connectivity index (χ3v) is 6.36. The molecule has 0 aliphatic carbocycles. The second kappa shape index (κ2) is 10.2. The summed E-state index contributed by atoms with van der Waals surface area (Å²) in [6.07, 6.45) is 1.63. The summed E-state index contributed by atoms with van der Waals surface area (Å²) in [5.41, 5.74) is 8.05. The normalized spacial score (nSPS) is 13.9. The highest BCUT2D eigenvalue weighted by Gasteiger charge is 2.18. The van der Waals surface area contributed by atoms with Gasteiger partial charge in [0.2, 0.25) is 0 Å². The van der Waals surface area contributed by atoms with Gasteiger partial charge in [-0.05, 0) is 47.9 Å². The number of benzene rings is 3. The van der Waals surface area contributed by atoms with Crippen LogP contribution in [-0.4, -0.2) is 53.4 Å². The number of ether oxygens (including phenoxy) is 2. The first kappa shape index (κ1) is 22.3. The number of aryl methyl sites for hydroxylation is 1. The van der Waals surface area contributed by atoms with E-state index in [9.17, 15) is 0 Å². The molecule has 0 amide bonds. The molecule has 0 radical (unpaired) electrons. The van der Waals surface area contributed by atoms with Gasteiger partial charge >= 0.3 is 0 Å². The second-order valence-corrected chi connectivity index (χ2v) is 8.74. The smallest absolute Gasteiger partial charge is 0.118 e. The molecule has 3 aromatic carbocycles. The maximum absolute atomic E-state index is 5.50. The maximum atomic E-state index is 5.50. The molecular weight excluding hydrogens is 424 g/mol. The molecule has 1 fully saturated rings. The Morgan fingerprint density at radius 3 is 2.26 bits per heavy atom. The molecule has 6 nitrogen and oxygen atoms in total. The van der Waals surface area contributed by atoms with Gasteiger partial charge in [0.25, 0.3) is 0 Å². The van der Waals surface area contributed by atoms with Crippen LogP contribution >= 0.6 is 0 Å². The van der Waals surface area contributed by atoms with Gasteiger partial charge in [-0.2, -0.15) is 0 Å². The van der Waals surface area contributed by atoms with E-state index in [4.69, 9.17) is 9.47 Å². The SMILES string of the molecule is COc1ccc(-c2ccc(Cc3c(CCN4CCOC4)nnn3-c3ccc(C)cc3)cc2)cc1. The van der Waals surface area contributed by atoms with Gasteiger partial charge in [-0.1, -0.05) is 59.3 Å². The minimum atomic E-state index is 0.703. The van der Waals surface area contributed by atoms with E-state index in [2.05, 4.69) is 82.8 Å². The molecular formula is C28H30N4O2. The van der Waals surface area contributed by atoms with Crippen molar-refractivity contribution in [1.29, 1.82) is 0 Å². The molecule has 0 atom stereocenters. The number of aromatic nitrogens is 3. The number of hydrogen-bond donors (Lipinski definition) is 0. The summed E-state index contributed by atoms with van der Waals surface area (Å²) < 4.78 is 12.8. The van der Waals surface area contributed by atoms with Gasteiger partial charge in [0.15, 0.2) is 0 Å². The van der Waals surface area contributed by atoms with Crippen molar-refractivity contribution in [3.63, 3.8) is 0 Å². The number of methoxy groups -OCH3 is 1. The molecule has 4 aromatic rings. The van der Waals surface area contributed by atoms with E-state index in [1.54, 1.807) is 7.11 Å². The molecule has 1 aliphatic heterocycles. The van der Waals surface area contributed by atoms with Gasteiger partial charge in [-0.15, -0.1) is 5.10 Å². The van der Waals surface area contributed by atoms with Crippen molar-refractivity contribution in [1.82, 2.24) is 19.9 Å². The van der Waals surface area contributed by atoms with Crippen molar-refractivity contribution < 1.29 is 9.47 Å². The first-order valence-electron chi connectivity index (χ1n) is 11.7. The summed E-state index contributed by atoms with van der Waals surface area (Å²) in [5, 5.41) is 9.13. The Kier molecular flexibility index (Phi) is 6.70. The zero-order chi connectivity index (χ0) is 23.3. The Balaban J connectivity index is 1.40. The van der Waals surface area contributed by atoms with Crippen LogP contribution < -0.4 is 4.74 Å². The Hall–Kier alpha value is -3.48. The Bertz CT molecular complexity index is 1210. The van der Waals surface area contributed by atoms with Gasteiger partial charge in [0, 0.05) is 25.9 Å². The summed E-state index contributed by atoms with van der Waals surface area (Å²) in [7, 11) is 1.69. The van der Waals surface area contributed by atoms with Crippen LogP contribution in [0.1, 0.15) is 22.5 Å². The monoisotopic (exact) mass is 454 g/mol. The number of rotatable bonds is 8. The highest BCUT2D eigenvalue weighted by Crippen LogP contribution is 2.24. The summed E-state index contributed by atoms with van der Waals surface area (Å²) in [6.45, 7) is 5.52. The predicted molar refractivity (Wildman–Crippen MR) is 133 cm³/mol. The van der Waals surface area contributed by atoms with E-state index in [0.29, 0.717) is 6.73 Å². The van der Waals surface area contributed by atoms with Crippen LogP contribution in [0, 0.1) is 6.92 Å². The quantitative estimate of drug-likeness (QED) is 0.387. The lowest BCUT2D eigenvalue weighted by atomic mass is 10.0. The maximum Gasteiger partial charge on any atom is 0.118 e. The van der Waals surface area contributed by atoms with Crippen LogP contribution in [0.15, 0.2) is 72.8 Å². The van der Waals surface area contributed by atoms with Crippen molar-refractivity contribution in [2.45, 2.75) is 19.8 Å². The van der Waals surface area contributed by atoms with Crippen molar-refractivity contribution >= 4 is 0 Å². The van der Waals surface area contributed by atoms with Crippen molar-refractivity contribution in [3.8, 4) is 22.6 Å². The molecule has 0 unspecified atom stereocenters. The highest BCUT2D eigenvalue weighted by atomic mass is 16.5. The predicted octanol–water partition coefficient (Wildman–Crippen LogP) is 4.67. The average Bonchev–Trinajstić information content (AvgIpc) is 3.54. The third kappa shape index (κ3) is 5.03. The topological polar surface area (TPSA) is 52.4 Å². The number of nitrogens with zero attached hydrogens (tertiary/aromatic N) is 4. The summed E-state index contributed by atoms with van der Waals surface area (Å²) in [4.78, 5) is 2.32. The zero-order valence-electron chi connectivity index (χ0n) is 19.8. The van der Waals surface area contributed by atoms with Gasteiger partial charge in [-0.3, -0.25) is 4.90 Å². The van der Waals surface area contributed by atoms with E-state index < -0.39 is 0 Å². The minimum Gasteiger partial charge on any atom is -0.497 e. The molecule has 1 aliphatic rings. The van der Waals surface area contributed by atoms with E-state index >= 15 is 0 Å². The van der Waals surface area contributed by atoms with Gasteiger partial charge in [0.05, 0.1) is 37.5 Å². The van der Waals surface area contributed by atoms with Gasteiger partial charge in [-0.25, -0.2) is 4.68 Å². The molecule has 1 aromatic heterocycles. The summed E-state index contributed by atoms with van der Waals surface area (Å²) in [6, 6.07) is 25.4. The molecule has 0 bridgehead atoms. The Morgan fingerprint density at radius 1 is 0.912 bits per heavy atom. The average molecular weight is 455 g/mol. The van der Waals surface area contributed by atoms with Gasteiger partial charge < -0.3 is 9.47 Å². The highest BCUT2D eigenvalue weighted by molar-refractivity contribution is 5.64. The van der Waals surface area contributed by atoms with Gasteiger partial charge in [0.1, 0.15) is 5.75 Å². The van der Waals surface area contributed by atoms with E-state index in [0.717, 1.165) is 55.4 Å². The van der Waals surface area contributed by atoms with Crippen LogP contribution in [0.3, 0.4) is 0 Å². The molecule has 0 saturated carbocycles. The first-order valence-corrected chi connectivity index (χ1v) is 11.7. The van der Waals surface area contributed by atoms with Crippen LogP contribution in [0.2, 0.25) is 0 Å². The molecule has 0 N–H and O–H groups in total. The van der Waals surface area contributed by atoms with Crippen LogP contribution in [0.4, 0.5) is 0 Å². The van der Waals surface area contributed by atoms with Crippen LogP contribution in [0.5, 0.6) is 5.75 Å². The molecule has 5 rings (SSSR count). The first-order chi connectivity index (χ1) is 16.7. The largest absolute Gasteiger partial charge is 0.497 e. The van der Waals surface area contributed by atoms with Crippen molar-refractivity contribution in [2.24, 2.45) is 0 Å². The minimum absolute atomic E-state index is 0.703. The van der Waals surface area contributed by atoms with E-state index in [-0.39, 0.29) is 0 Å². The fourth-order valence-corrected chi connectivity index (χ4v) is 4.28. The lowest BCUT2D eigenvalue weighted by molar-refractivity contribution is 0.141. The van der Waals surface area contributed by atoms with Crippen molar-refractivity contribution in [2.75, 3.05) is 33.5 Å². The fraction of sp³-hybridized carbons (Fsp3) is 0.286. The molecule has 6 heteroatoms. The molecule has 0 spiro atoms. The fourth-order valence-electron chi connectivity index (χ4n) is 4.28. The second-order valence-electron chi connectivity index (χ2n) is 8.74. The lowest BCUT2D eigenvalue weighted by Gasteiger charge is -2.13. The molecule has 34 heavy (non-hydrogen) atoms. The van der Waals surface area contributed by atoms with Crippen molar-refractivity contribution in [3.05, 3.63) is 95.3 Å². The molecule has 2 heterocycles. The summed E-state index contributed by atoms with van der Waals surface area (Å²) in [5.74, 6) is 0.866. The van der Waals surface area contributed by atoms with E-state index in [1.807, 2.05) is 16.8 Å². The van der Waals surface area contributed by atoms with Crippen LogP contribution in [0.25, 0.3) is 16.8 Å². The lowest BCUT2D eigenvalue weighted by Crippen LogP contribution is -2.23. The van der Waals surface area contributed by atoms with Crippen LogP contribution in [-0.2, 0) is 17.6 Å². The van der Waals surface area contributed by atoms with E-state index in [1.165, 1.54) is 22.3 Å². The number of hydrogen-bond acceptors (Lipinski definition) is 5. The zero-order valence-corrected chi connectivity index (χ0v) is 19.8. The Morgan fingerprint density at radius 2 is 1.62 bits per heavy atom. The molecule has 174 valence electrons. The Labute approximate surface area is 200 Å².